The van der Waals surface area contributed by atoms with Crippen LogP contribution in [-0.2, 0) is 16.0 Å². The second kappa shape index (κ2) is 4.64. The van der Waals surface area contributed by atoms with Gasteiger partial charge in [0.15, 0.2) is 0 Å². The Kier molecular flexibility index (Phi) is 2.94. The van der Waals surface area contributed by atoms with Crippen molar-refractivity contribution in [2.24, 2.45) is 0 Å². The second-order valence-corrected chi connectivity index (χ2v) is 4.71. The zero-order valence-electron chi connectivity index (χ0n) is 10.9. The third kappa shape index (κ3) is 1.77. The molecule has 1 atom stereocenters. The van der Waals surface area contributed by atoms with Gasteiger partial charge in [-0.15, -0.1) is 0 Å². The molecule has 0 saturated heterocycles. The third-order valence-electron chi connectivity index (χ3n) is 3.63. The third-order valence-corrected chi connectivity index (χ3v) is 3.63. The normalized spacial score (nSPS) is 17.8. The number of nitrogens with one attached hydrogen (secondary N) is 2. The number of carboxylic acids is 1. The van der Waals surface area contributed by atoms with Crippen molar-refractivity contribution in [2.45, 2.75) is 12.5 Å². The summed E-state index contributed by atoms with van der Waals surface area (Å²) in [4.78, 5) is 26.3. The number of carboxylic acid groups (broad SMARTS) is 1. The smallest absolute Gasteiger partial charge is 0.338 e. The number of esters is 1. The van der Waals surface area contributed by atoms with Crippen LogP contribution < -0.4 is 5.32 Å². The largest absolute Gasteiger partial charge is 0.480 e. The number of rotatable bonds is 2. The second-order valence-electron chi connectivity index (χ2n) is 4.71. The van der Waals surface area contributed by atoms with Crippen LogP contribution in [0.4, 0.5) is 0 Å². The van der Waals surface area contributed by atoms with Gasteiger partial charge in [-0.1, -0.05) is 6.07 Å². The molecule has 1 aliphatic rings. The van der Waals surface area contributed by atoms with E-state index in [1.807, 2.05) is 6.07 Å². The van der Waals surface area contributed by atoms with Crippen molar-refractivity contribution in [3.05, 3.63) is 35.0 Å². The van der Waals surface area contributed by atoms with Crippen molar-refractivity contribution >= 4 is 22.8 Å². The number of H-pyrrole nitrogens is 1. The van der Waals surface area contributed by atoms with Crippen molar-refractivity contribution in [1.29, 1.82) is 0 Å². The van der Waals surface area contributed by atoms with Gasteiger partial charge in [-0.2, -0.15) is 0 Å². The molecule has 2 heterocycles. The molecule has 1 aromatic heterocycles. The highest BCUT2D eigenvalue weighted by Crippen LogP contribution is 2.32. The minimum Gasteiger partial charge on any atom is -0.480 e. The number of aromatic nitrogens is 1. The van der Waals surface area contributed by atoms with E-state index in [0.29, 0.717) is 24.2 Å². The summed E-state index contributed by atoms with van der Waals surface area (Å²) in [5.41, 5.74) is 2.73. The monoisotopic (exact) mass is 274 g/mol. The molecule has 3 N–H and O–H groups in total. The average Bonchev–Trinajstić information content (AvgIpc) is 2.84. The van der Waals surface area contributed by atoms with E-state index in [0.717, 1.165) is 16.5 Å². The summed E-state index contributed by atoms with van der Waals surface area (Å²) in [6.07, 6.45) is 0.674. The fraction of sp³-hybridized carbons (Fsp3) is 0.286. The molecular weight excluding hydrogens is 260 g/mol. The highest BCUT2D eigenvalue weighted by molar-refractivity contribution is 6.06. The zero-order chi connectivity index (χ0) is 14.3. The number of carbonyl (C=O) groups is 2. The maximum Gasteiger partial charge on any atom is 0.338 e. The Balaban J connectivity index is 2.27. The molecule has 0 amide bonds. The first kappa shape index (κ1) is 12.7. The van der Waals surface area contributed by atoms with Crippen LogP contribution in [0.25, 0.3) is 10.9 Å². The summed E-state index contributed by atoms with van der Waals surface area (Å²) in [5.74, 6) is -1.35. The number of hydrogen-bond donors (Lipinski definition) is 3. The average molecular weight is 274 g/mol. The van der Waals surface area contributed by atoms with Crippen molar-refractivity contribution in [3.63, 3.8) is 0 Å². The number of ether oxygens (including phenoxy) is 1. The number of benzene rings is 1. The minimum atomic E-state index is -0.933. The SMILES string of the molecule is COC(=O)c1cccc2[nH]c3c(c12)CCNC3C(=O)O. The lowest BCUT2D eigenvalue weighted by molar-refractivity contribution is -0.139. The highest BCUT2D eigenvalue weighted by atomic mass is 16.5. The molecule has 6 nitrogen and oxygen atoms in total. The topological polar surface area (TPSA) is 91.4 Å². The van der Waals surface area contributed by atoms with E-state index >= 15 is 0 Å². The maximum absolute atomic E-state index is 11.9. The van der Waals surface area contributed by atoms with Crippen molar-refractivity contribution in [1.82, 2.24) is 10.3 Å². The molecule has 0 fully saturated rings. The Morgan fingerprint density at radius 1 is 1.40 bits per heavy atom. The quantitative estimate of drug-likeness (QED) is 0.716. The van der Waals surface area contributed by atoms with Crippen molar-refractivity contribution in [2.75, 3.05) is 13.7 Å². The summed E-state index contributed by atoms with van der Waals surface area (Å²) in [6, 6.07) is 4.51. The molecule has 1 aromatic carbocycles. The molecule has 2 aromatic rings. The van der Waals surface area contributed by atoms with E-state index in [4.69, 9.17) is 4.74 Å². The lowest BCUT2D eigenvalue weighted by Crippen LogP contribution is -2.34. The van der Waals surface area contributed by atoms with Crippen LogP contribution in [0.15, 0.2) is 18.2 Å². The van der Waals surface area contributed by atoms with E-state index in [-0.39, 0.29) is 0 Å². The predicted molar refractivity (Wildman–Crippen MR) is 71.7 cm³/mol. The van der Waals surface area contributed by atoms with Gasteiger partial charge in [-0.3, -0.25) is 10.1 Å². The van der Waals surface area contributed by atoms with E-state index in [1.165, 1.54) is 7.11 Å². The minimum absolute atomic E-state index is 0.414. The Hall–Kier alpha value is -2.34. The first-order valence-corrected chi connectivity index (χ1v) is 6.31. The number of fused-ring (bicyclic) bond motifs is 3. The van der Waals surface area contributed by atoms with E-state index < -0.39 is 18.0 Å². The Bertz CT molecular complexity index is 705. The number of aliphatic carboxylic acids is 1. The van der Waals surface area contributed by atoms with Gasteiger partial charge in [0, 0.05) is 23.1 Å². The molecule has 6 heteroatoms. The van der Waals surface area contributed by atoms with Gasteiger partial charge in [0.1, 0.15) is 6.04 Å². The first-order valence-electron chi connectivity index (χ1n) is 6.31. The lowest BCUT2D eigenvalue weighted by atomic mass is 9.97. The zero-order valence-corrected chi connectivity index (χ0v) is 10.9. The molecule has 3 rings (SSSR count). The molecule has 0 aliphatic carbocycles. The number of aromatic amines is 1. The van der Waals surface area contributed by atoms with E-state index in [9.17, 15) is 14.7 Å². The highest BCUT2D eigenvalue weighted by Gasteiger charge is 2.30. The molecule has 1 aliphatic heterocycles. The summed E-state index contributed by atoms with van der Waals surface area (Å²) in [6.45, 7) is 0.562. The van der Waals surface area contributed by atoms with E-state index in [1.54, 1.807) is 12.1 Å². The van der Waals surface area contributed by atoms with Crippen LogP contribution in [0.3, 0.4) is 0 Å². The summed E-state index contributed by atoms with van der Waals surface area (Å²) in [5, 5.41) is 13.0. The van der Waals surface area contributed by atoms with Gasteiger partial charge in [0.05, 0.1) is 12.7 Å². The van der Waals surface area contributed by atoms with Gasteiger partial charge in [0.25, 0.3) is 0 Å². The number of methoxy groups -OCH3 is 1. The molecular formula is C14H14N2O4. The van der Waals surface area contributed by atoms with Crippen LogP contribution in [0, 0.1) is 0 Å². The Labute approximate surface area is 114 Å². The van der Waals surface area contributed by atoms with Gasteiger partial charge >= 0.3 is 11.9 Å². The molecule has 0 bridgehead atoms. The summed E-state index contributed by atoms with van der Waals surface area (Å²) in [7, 11) is 1.34. The molecule has 0 saturated carbocycles. The molecule has 20 heavy (non-hydrogen) atoms. The molecule has 104 valence electrons. The van der Waals surface area contributed by atoms with Crippen LogP contribution in [0.1, 0.15) is 27.7 Å². The fourth-order valence-electron chi connectivity index (χ4n) is 2.78. The molecule has 0 radical (unpaired) electrons. The van der Waals surface area contributed by atoms with Gasteiger partial charge in [-0.25, -0.2) is 4.79 Å². The van der Waals surface area contributed by atoms with Crippen molar-refractivity contribution in [3.8, 4) is 0 Å². The van der Waals surface area contributed by atoms with Crippen LogP contribution >= 0.6 is 0 Å². The van der Waals surface area contributed by atoms with Crippen LogP contribution in [0.2, 0.25) is 0 Å². The molecule has 1 unspecified atom stereocenters. The predicted octanol–water partition coefficient (Wildman–Crippen LogP) is 1.23. The summed E-state index contributed by atoms with van der Waals surface area (Å²) < 4.78 is 4.79. The summed E-state index contributed by atoms with van der Waals surface area (Å²) >= 11 is 0. The Morgan fingerprint density at radius 2 is 2.20 bits per heavy atom. The van der Waals surface area contributed by atoms with Gasteiger partial charge in [0.2, 0.25) is 0 Å². The van der Waals surface area contributed by atoms with Crippen LogP contribution in [0.5, 0.6) is 0 Å². The molecule has 0 spiro atoms. The maximum atomic E-state index is 11.9. The van der Waals surface area contributed by atoms with Crippen LogP contribution in [-0.4, -0.2) is 35.7 Å². The number of hydrogen-bond acceptors (Lipinski definition) is 4. The van der Waals surface area contributed by atoms with E-state index in [2.05, 4.69) is 10.3 Å². The standard InChI is InChI=1S/C14H14N2O4/c1-20-14(19)8-3-2-4-9-10(8)7-5-6-15-12(13(17)18)11(7)16-9/h2-4,12,15-16H,5-6H2,1H3,(H,17,18). The first-order chi connectivity index (χ1) is 9.63. The van der Waals surface area contributed by atoms with Gasteiger partial charge < -0.3 is 14.8 Å². The Morgan fingerprint density at radius 3 is 2.90 bits per heavy atom. The lowest BCUT2D eigenvalue weighted by Gasteiger charge is -2.20. The fourth-order valence-corrected chi connectivity index (χ4v) is 2.78. The van der Waals surface area contributed by atoms with Crippen molar-refractivity contribution < 1.29 is 19.4 Å². The number of carbonyl (C=O) groups excluding carboxylic acids is 1. The van der Waals surface area contributed by atoms with Gasteiger partial charge in [-0.05, 0) is 24.1 Å².